The molecule has 0 aliphatic rings. The van der Waals surface area contributed by atoms with E-state index in [1.54, 1.807) is 24.5 Å². The molecule has 7 nitrogen and oxygen atoms in total. The quantitative estimate of drug-likeness (QED) is 0.148. The number of ketones is 1. The highest BCUT2D eigenvalue weighted by atomic mass is 32.2. The van der Waals surface area contributed by atoms with Gasteiger partial charge in [0.15, 0.2) is 11.3 Å². The Morgan fingerprint density at radius 3 is 2.16 bits per heavy atom. The summed E-state index contributed by atoms with van der Waals surface area (Å²) >= 11 is 1.34. The standard InChI is InChI=1S/C28H32N2O5S2/c1-36-21-19-28(27(32)33,26(31)25-18-9-8-17-24(25)23-15-6-3-7-16-23)30-37(34,35)29-20-11-10-14-22-12-4-2-5-13-22/h2-9,12-13,15-18,29-30H,10-11,14,19-21H2,1H3,(H,32,33). The van der Waals surface area contributed by atoms with Crippen molar-refractivity contribution in [2.24, 2.45) is 0 Å². The highest BCUT2D eigenvalue weighted by molar-refractivity contribution is 7.98. The number of Topliss-reactive ketones (excluding diaryl/α,β-unsaturated/α-hetero) is 1. The molecule has 3 aromatic carbocycles. The molecule has 0 aliphatic carbocycles. The predicted molar refractivity (Wildman–Crippen MR) is 149 cm³/mol. The van der Waals surface area contributed by atoms with Crippen LogP contribution in [0.2, 0.25) is 0 Å². The molecule has 3 rings (SSSR count). The Morgan fingerprint density at radius 2 is 1.51 bits per heavy atom. The summed E-state index contributed by atoms with van der Waals surface area (Å²) in [5.41, 5.74) is 0.214. The van der Waals surface area contributed by atoms with Crippen molar-refractivity contribution >= 4 is 33.7 Å². The summed E-state index contributed by atoms with van der Waals surface area (Å²) in [7, 11) is -4.30. The molecule has 9 heteroatoms. The number of carbonyl (C=O) groups excluding carboxylic acids is 1. The van der Waals surface area contributed by atoms with Crippen molar-refractivity contribution in [2.45, 2.75) is 31.2 Å². The Balaban J connectivity index is 1.81. The van der Waals surface area contributed by atoms with Crippen molar-refractivity contribution in [2.75, 3.05) is 18.6 Å². The number of carboxylic acid groups (broad SMARTS) is 1. The van der Waals surface area contributed by atoms with Crippen molar-refractivity contribution < 1.29 is 23.1 Å². The summed E-state index contributed by atoms with van der Waals surface area (Å²) in [6.45, 7) is 0.120. The number of unbranched alkanes of at least 4 members (excludes halogenated alkanes) is 1. The van der Waals surface area contributed by atoms with Gasteiger partial charge in [0.2, 0.25) is 0 Å². The molecule has 0 aromatic heterocycles. The average molecular weight is 541 g/mol. The van der Waals surface area contributed by atoms with Crippen LogP contribution in [0, 0.1) is 0 Å². The monoisotopic (exact) mass is 540 g/mol. The molecule has 3 N–H and O–H groups in total. The predicted octanol–water partition coefficient (Wildman–Crippen LogP) is 4.56. The van der Waals surface area contributed by atoms with E-state index in [0.29, 0.717) is 12.0 Å². The molecule has 0 amide bonds. The first kappa shape index (κ1) is 28.6. The first-order chi connectivity index (χ1) is 17.8. The minimum atomic E-state index is -4.30. The molecule has 1 atom stereocenters. The van der Waals surface area contributed by atoms with Crippen LogP contribution in [0.1, 0.15) is 35.2 Å². The molecular formula is C28H32N2O5S2. The summed E-state index contributed by atoms with van der Waals surface area (Å²) in [5.74, 6) is -2.07. The summed E-state index contributed by atoms with van der Waals surface area (Å²) in [4.78, 5) is 26.5. The molecule has 196 valence electrons. The van der Waals surface area contributed by atoms with E-state index in [4.69, 9.17) is 0 Å². The minimum absolute atomic E-state index is 0.120. The van der Waals surface area contributed by atoms with Gasteiger partial charge >= 0.3 is 5.97 Å². The van der Waals surface area contributed by atoms with Crippen LogP contribution in [-0.2, 0) is 21.4 Å². The van der Waals surface area contributed by atoms with Gasteiger partial charge in [0.1, 0.15) is 0 Å². The molecule has 0 saturated heterocycles. The second-order valence-electron chi connectivity index (χ2n) is 8.64. The van der Waals surface area contributed by atoms with E-state index in [0.717, 1.165) is 24.0 Å². The average Bonchev–Trinajstić information content (AvgIpc) is 2.91. The lowest BCUT2D eigenvalue weighted by Gasteiger charge is -2.29. The van der Waals surface area contributed by atoms with Crippen molar-refractivity contribution in [3.63, 3.8) is 0 Å². The number of rotatable bonds is 15. The van der Waals surface area contributed by atoms with E-state index in [1.165, 1.54) is 17.8 Å². The number of carboxylic acids is 1. The Bertz CT molecular complexity index is 1280. The van der Waals surface area contributed by atoms with Gasteiger partial charge in [0.05, 0.1) is 0 Å². The number of nitrogens with one attached hydrogen (secondary N) is 2. The maximum atomic E-state index is 13.9. The van der Waals surface area contributed by atoms with Gasteiger partial charge in [-0.05, 0) is 54.4 Å². The van der Waals surface area contributed by atoms with Gasteiger partial charge in [-0.1, -0.05) is 84.9 Å². The Morgan fingerprint density at radius 1 is 0.892 bits per heavy atom. The SMILES string of the molecule is CSCCC(NS(=O)(=O)NCCCCc1ccccc1)(C(=O)O)C(=O)c1ccccc1-c1ccccc1. The maximum absolute atomic E-state index is 13.9. The molecule has 0 radical (unpaired) electrons. The fourth-order valence-electron chi connectivity index (χ4n) is 4.07. The van der Waals surface area contributed by atoms with Gasteiger partial charge in [0.25, 0.3) is 10.2 Å². The lowest BCUT2D eigenvalue weighted by molar-refractivity contribution is -0.142. The van der Waals surface area contributed by atoms with Gasteiger partial charge in [0, 0.05) is 12.1 Å². The van der Waals surface area contributed by atoms with E-state index in [2.05, 4.69) is 9.44 Å². The normalized spacial score (nSPS) is 13.1. The number of hydrogen-bond acceptors (Lipinski definition) is 5. The van der Waals surface area contributed by atoms with Crippen LogP contribution in [-0.4, -0.2) is 49.4 Å². The van der Waals surface area contributed by atoms with E-state index in [1.807, 2.05) is 60.7 Å². The molecule has 37 heavy (non-hydrogen) atoms. The Hall–Kier alpha value is -2.98. The number of benzene rings is 3. The smallest absolute Gasteiger partial charge is 0.333 e. The molecule has 0 spiro atoms. The van der Waals surface area contributed by atoms with Crippen LogP contribution in [0.5, 0.6) is 0 Å². The van der Waals surface area contributed by atoms with Gasteiger partial charge < -0.3 is 5.11 Å². The summed E-state index contributed by atoms with van der Waals surface area (Å²) in [6.07, 6.45) is 3.68. The van der Waals surface area contributed by atoms with Crippen LogP contribution in [0.15, 0.2) is 84.9 Å². The number of carbonyl (C=O) groups is 2. The van der Waals surface area contributed by atoms with E-state index < -0.39 is 27.5 Å². The zero-order chi connectivity index (χ0) is 26.7. The molecule has 0 saturated carbocycles. The van der Waals surface area contributed by atoms with Crippen LogP contribution < -0.4 is 9.44 Å². The first-order valence-corrected chi connectivity index (χ1v) is 14.9. The lowest BCUT2D eigenvalue weighted by Crippen LogP contribution is -2.62. The Labute approximate surface area is 222 Å². The van der Waals surface area contributed by atoms with Crippen LogP contribution in [0.25, 0.3) is 11.1 Å². The molecule has 0 fully saturated rings. The fraction of sp³-hybridized carbons (Fsp3) is 0.286. The first-order valence-electron chi connectivity index (χ1n) is 12.0. The zero-order valence-electron chi connectivity index (χ0n) is 20.7. The van der Waals surface area contributed by atoms with E-state index in [-0.39, 0.29) is 24.3 Å². The third-order valence-electron chi connectivity index (χ3n) is 6.03. The van der Waals surface area contributed by atoms with Crippen LogP contribution in [0.4, 0.5) is 0 Å². The third kappa shape index (κ3) is 7.75. The molecule has 0 bridgehead atoms. The van der Waals surface area contributed by atoms with Crippen LogP contribution >= 0.6 is 11.8 Å². The van der Waals surface area contributed by atoms with Crippen LogP contribution in [0.3, 0.4) is 0 Å². The molecule has 0 heterocycles. The number of aliphatic carboxylic acids is 1. The lowest BCUT2D eigenvalue weighted by atomic mass is 9.84. The number of aryl methyl sites for hydroxylation is 1. The number of thioether (sulfide) groups is 1. The summed E-state index contributed by atoms with van der Waals surface area (Å²) < 4.78 is 30.6. The second kappa shape index (κ2) is 13.5. The fourth-order valence-corrected chi connectivity index (χ4v) is 5.80. The topological polar surface area (TPSA) is 113 Å². The number of hydrogen-bond donors (Lipinski definition) is 3. The molecule has 0 aliphatic heterocycles. The maximum Gasteiger partial charge on any atom is 0.333 e. The Kier molecular flexibility index (Phi) is 10.5. The van der Waals surface area contributed by atoms with Gasteiger partial charge in [-0.3, -0.25) is 4.79 Å². The van der Waals surface area contributed by atoms with Gasteiger partial charge in [-0.2, -0.15) is 24.9 Å². The molecular weight excluding hydrogens is 508 g/mol. The minimum Gasteiger partial charge on any atom is -0.479 e. The van der Waals surface area contributed by atoms with Crippen molar-refractivity contribution in [1.82, 2.24) is 9.44 Å². The third-order valence-corrected chi connectivity index (χ3v) is 7.84. The summed E-state index contributed by atoms with van der Waals surface area (Å²) in [6, 6.07) is 25.6. The van der Waals surface area contributed by atoms with E-state index >= 15 is 0 Å². The zero-order valence-corrected chi connectivity index (χ0v) is 22.4. The second-order valence-corrected chi connectivity index (χ2v) is 11.1. The van der Waals surface area contributed by atoms with Gasteiger partial charge in [-0.25, -0.2) is 9.52 Å². The van der Waals surface area contributed by atoms with Crippen molar-refractivity contribution in [3.8, 4) is 11.1 Å². The van der Waals surface area contributed by atoms with Crippen molar-refractivity contribution in [3.05, 3.63) is 96.1 Å². The highest BCUT2D eigenvalue weighted by Gasteiger charge is 2.49. The van der Waals surface area contributed by atoms with E-state index in [9.17, 15) is 23.1 Å². The highest BCUT2D eigenvalue weighted by Crippen LogP contribution is 2.29. The summed E-state index contributed by atoms with van der Waals surface area (Å²) in [5, 5.41) is 10.3. The van der Waals surface area contributed by atoms with Gasteiger partial charge in [-0.15, -0.1) is 0 Å². The molecule has 1 unspecified atom stereocenters. The largest absolute Gasteiger partial charge is 0.479 e. The van der Waals surface area contributed by atoms with Crippen molar-refractivity contribution in [1.29, 1.82) is 0 Å². The molecule has 3 aromatic rings.